The molecule has 0 saturated heterocycles. The predicted molar refractivity (Wildman–Crippen MR) is 61.2 cm³/mol. The van der Waals surface area contributed by atoms with Crippen LogP contribution >= 0.6 is 11.6 Å². The summed E-state index contributed by atoms with van der Waals surface area (Å²) in [6.45, 7) is 0. The highest BCUT2D eigenvalue weighted by Crippen LogP contribution is 2.33. The molecule has 0 aliphatic rings. The number of hydrogen-bond donors (Lipinski definition) is 1. The summed E-state index contributed by atoms with van der Waals surface area (Å²) >= 11 is 5.67. The van der Waals surface area contributed by atoms with E-state index in [1.807, 2.05) is 0 Å². The van der Waals surface area contributed by atoms with E-state index in [1.165, 1.54) is 19.4 Å². The maximum Gasteiger partial charge on any atom is 0.416 e. The number of anilines is 1. The lowest BCUT2D eigenvalue weighted by molar-refractivity contribution is -0.137. The number of nitrogens with one attached hydrogen (secondary N) is 1. The molecule has 1 aromatic carbocycles. The van der Waals surface area contributed by atoms with E-state index in [1.54, 1.807) is 0 Å². The minimum Gasteiger partial charge on any atom is -0.466 e. The van der Waals surface area contributed by atoms with Crippen LogP contribution in [-0.4, -0.2) is 13.1 Å². The Bertz CT molecular complexity index is 472. The van der Waals surface area contributed by atoms with Crippen LogP contribution in [0.4, 0.5) is 18.9 Å². The van der Waals surface area contributed by atoms with Crippen molar-refractivity contribution in [2.45, 2.75) is 6.18 Å². The first-order valence-corrected chi connectivity index (χ1v) is 5.10. The average Bonchev–Trinajstić information content (AvgIpc) is 2.29. The number of hydrogen-bond acceptors (Lipinski definition) is 3. The van der Waals surface area contributed by atoms with Crippen molar-refractivity contribution in [3.05, 3.63) is 41.1 Å². The largest absolute Gasteiger partial charge is 0.466 e. The Balaban J connectivity index is 2.81. The molecule has 0 amide bonds. The second kappa shape index (κ2) is 5.77. The van der Waals surface area contributed by atoms with Gasteiger partial charge in [0.15, 0.2) is 0 Å². The fraction of sp³-hybridized carbons (Fsp3) is 0.182. The Morgan fingerprint density at radius 1 is 1.44 bits per heavy atom. The minimum absolute atomic E-state index is 0.0978. The van der Waals surface area contributed by atoms with Crippen LogP contribution in [0, 0.1) is 0 Å². The molecule has 0 aliphatic heterocycles. The number of esters is 1. The van der Waals surface area contributed by atoms with Crippen LogP contribution in [0.3, 0.4) is 0 Å². The summed E-state index contributed by atoms with van der Waals surface area (Å²) in [6.07, 6.45) is -2.14. The van der Waals surface area contributed by atoms with Crippen molar-refractivity contribution in [2.24, 2.45) is 0 Å². The van der Waals surface area contributed by atoms with Crippen molar-refractivity contribution < 1.29 is 22.7 Å². The lowest BCUT2D eigenvalue weighted by atomic mass is 10.2. The number of methoxy groups -OCH3 is 1. The predicted octanol–water partition coefficient (Wildman–Crippen LogP) is 3.46. The number of benzene rings is 1. The van der Waals surface area contributed by atoms with Gasteiger partial charge in [-0.2, -0.15) is 13.2 Å². The zero-order chi connectivity index (χ0) is 13.8. The molecule has 0 unspecified atom stereocenters. The van der Waals surface area contributed by atoms with E-state index in [0.29, 0.717) is 0 Å². The topological polar surface area (TPSA) is 38.3 Å². The number of alkyl halides is 3. The molecule has 1 aromatic rings. The quantitative estimate of drug-likeness (QED) is 0.680. The normalized spacial score (nSPS) is 11.6. The summed E-state index contributed by atoms with van der Waals surface area (Å²) in [6, 6.07) is 2.86. The first-order chi connectivity index (χ1) is 8.34. The zero-order valence-electron chi connectivity index (χ0n) is 9.22. The van der Waals surface area contributed by atoms with Crippen LogP contribution in [0.5, 0.6) is 0 Å². The Kier molecular flexibility index (Phi) is 4.61. The van der Waals surface area contributed by atoms with Crippen molar-refractivity contribution in [2.75, 3.05) is 12.4 Å². The molecule has 3 nitrogen and oxygen atoms in total. The van der Waals surface area contributed by atoms with Crippen molar-refractivity contribution >= 4 is 23.3 Å². The first-order valence-electron chi connectivity index (χ1n) is 4.72. The second-order valence-electron chi connectivity index (χ2n) is 3.19. The summed E-state index contributed by atoms with van der Waals surface area (Å²) in [5.74, 6) is -0.592. The minimum atomic E-state index is -4.44. The molecular formula is C11H9ClF3NO2. The van der Waals surface area contributed by atoms with Gasteiger partial charge < -0.3 is 10.1 Å². The number of ether oxygens (including phenoxy) is 1. The highest BCUT2D eigenvalue weighted by Gasteiger charge is 2.30. The van der Waals surface area contributed by atoms with Crippen molar-refractivity contribution in [3.63, 3.8) is 0 Å². The molecule has 1 rings (SSSR count). The van der Waals surface area contributed by atoms with E-state index in [-0.39, 0.29) is 10.7 Å². The summed E-state index contributed by atoms with van der Waals surface area (Å²) in [5, 5.41) is 2.48. The Morgan fingerprint density at radius 3 is 2.61 bits per heavy atom. The standard InChI is InChI=1S/C11H9ClF3NO2/c1-18-10(17)4-5-16-9-3-2-7(6-8(9)12)11(13,14)15/h2-6,16H,1H3/b5-4+. The van der Waals surface area contributed by atoms with Gasteiger partial charge in [-0.25, -0.2) is 4.79 Å². The second-order valence-corrected chi connectivity index (χ2v) is 3.60. The van der Waals surface area contributed by atoms with Crippen LogP contribution < -0.4 is 5.32 Å². The molecule has 0 atom stereocenters. The van der Waals surface area contributed by atoms with Crippen LogP contribution in [0.25, 0.3) is 0 Å². The smallest absolute Gasteiger partial charge is 0.416 e. The SMILES string of the molecule is COC(=O)/C=C/Nc1ccc(C(F)(F)F)cc1Cl. The number of halogens is 4. The summed E-state index contributed by atoms with van der Waals surface area (Å²) < 4.78 is 41.4. The molecule has 0 heterocycles. The summed E-state index contributed by atoms with van der Waals surface area (Å²) in [5.41, 5.74) is -0.584. The maximum absolute atomic E-state index is 12.3. The first kappa shape index (κ1) is 14.4. The Hall–Kier alpha value is -1.69. The van der Waals surface area contributed by atoms with Crippen molar-refractivity contribution in [1.29, 1.82) is 0 Å². The monoisotopic (exact) mass is 279 g/mol. The van der Waals surface area contributed by atoms with Crippen LogP contribution in [-0.2, 0) is 15.7 Å². The van der Waals surface area contributed by atoms with Crippen LogP contribution in [0.2, 0.25) is 5.02 Å². The molecule has 98 valence electrons. The molecular weight excluding hydrogens is 271 g/mol. The Labute approximate surface area is 106 Å². The van der Waals surface area contributed by atoms with Gasteiger partial charge in [0.1, 0.15) is 0 Å². The molecule has 0 fully saturated rings. The van der Waals surface area contributed by atoms with Crippen LogP contribution in [0.1, 0.15) is 5.56 Å². The highest BCUT2D eigenvalue weighted by atomic mass is 35.5. The maximum atomic E-state index is 12.3. The molecule has 0 spiro atoms. The van der Waals surface area contributed by atoms with Gasteiger partial charge in [0.25, 0.3) is 0 Å². The van der Waals surface area contributed by atoms with E-state index >= 15 is 0 Å². The van der Waals surface area contributed by atoms with E-state index in [0.717, 1.165) is 18.2 Å². The van der Waals surface area contributed by atoms with Crippen molar-refractivity contribution in [1.82, 2.24) is 0 Å². The van der Waals surface area contributed by atoms with Crippen LogP contribution in [0.15, 0.2) is 30.5 Å². The lowest BCUT2D eigenvalue weighted by Crippen LogP contribution is -2.05. The van der Waals surface area contributed by atoms with Gasteiger partial charge in [-0.1, -0.05) is 11.6 Å². The number of carbonyl (C=O) groups is 1. The third kappa shape index (κ3) is 3.96. The average molecular weight is 280 g/mol. The molecule has 0 bridgehead atoms. The van der Waals surface area contributed by atoms with Crippen molar-refractivity contribution in [3.8, 4) is 0 Å². The molecule has 18 heavy (non-hydrogen) atoms. The van der Waals surface area contributed by atoms with Gasteiger partial charge in [0.05, 0.1) is 23.4 Å². The number of rotatable bonds is 3. The van der Waals surface area contributed by atoms with E-state index < -0.39 is 17.7 Å². The third-order valence-electron chi connectivity index (χ3n) is 1.96. The fourth-order valence-corrected chi connectivity index (χ4v) is 1.31. The molecule has 0 aromatic heterocycles. The summed E-state index contributed by atoms with van der Waals surface area (Å²) in [7, 11) is 1.21. The van der Waals surface area contributed by atoms with E-state index in [4.69, 9.17) is 11.6 Å². The number of carbonyl (C=O) groups excluding carboxylic acids is 1. The van der Waals surface area contributed by atoms with Gasteiger partial charge in [-0.15, -0.1) is 0 Å². The zero-order valence-corrected chi connectivity index (χ0v) is 9.97. The molecule has 7 heteroatoms. The molecule has 1 N–H and O–H groups in total. The van der Waals surface area contributed by atoms with Gasteiger partial charge in [-0.3, -0.25) is 0 Å². The molecule has 0 radical (unpaired) electrons. The van der Waals surface area contributed by atoms with E-state index in [9.17, 15) is 18.0 Å². The molecule has 0 saturated carbocycles. The van der Waals surface area contributed by atoms with Gasteiger partial charge in [0, 0.05) is 12.3 Å². The Morgan fingerprint density at radius 2 is 2.11 bits per heavy atom. The summed E-state index contributed by atoms with van der Waals surface area (Å²) in [4.78, 5) is 10.7. The molecule has 0 aliphatic carbocycles. The van der Waals surface area contributed by atoms with Gasteiger partial charge >= 0.3 is 12.1 Å². The lowest BCUT2D eigenvalue weighted by Gasteiger charge is -2.09. The van der Waals surface area contributed by atoms with E-state index in [2.05, 4.69) is 10.1 Å². The fourth-order valence-electron chi connectivity index (χ4n) is 1.08. The highest BCUT2D eigenvalue weighted by molar-refractivity contribution is 6.33. The van der Waals surface area contributed by atoms with Gasteiger partial charge in [0.2, 0.25) is 0 Å². The third-order valence-corrected chi connectivity index (χ3v) is 2.27. The van der Waals surface area contributed by atoms with Gasteiger partial charge in [-0.05, 0) is 18.2 Å².